The maximum atomic E-state index is 13.2. The lowest BCUT2D eigenvalue weighted by atomic mass is 9.82. The zero-order chi connectivity index (χ0) is 23.7. The van der Waals surface area contributed by atoms with Gasteiger partial charge < -0.3 is 30.7 Å². The molecule has 4 aliphatic rings. The van der Waals surface area contributed by atoms with Gasteiger partial charge in [0.25, 0.3) is 0 Å². The molecule has 4 atom stereocenters. The van der Waals surface area contributed by atoms with Gasteiger partial charge in [-0.15, -0.1) is 0 Å². The van der Waals surface area contributed by atoms with E-state index < -0.39 is 29.6 Å². The van der Waals surface area contributed by atoms with Crippen LogP contribution in [0.3, 0.4) is 0 Å². The van der Waals surface area contributed by atoms with Crippen molar-refractivity contribution in [2.75, 3.05) is 20.3 Å². The quantitative estimate of drug-likeness (QED) is 0.463. The summed E-state index contributed by atoms with van der Waals surface area (Å²) in [5.41, 5.74) is 11.2. The van der Waals surface area contributed by atoms with Crippen molar-refractivity contribution in [1.82, 2.24) is 9.80 Å². The van der Waals surface area contributed by atoms with Gasteiger partial charge in [-0.2, -0.15) is 0 Å². The van der Waals surface area contributed by atoms with Gasteiger partial charge in [-0.1, -0.05) is 30.3 Å². The Balaban J connectivity index is 1.51. The zero-order valence-corrected chi connectivity index (χ0v) is 18.2. The third-order valence-corrected chi connectivity index (χ3v) is 7.17. The molecule has 3 heterocycles. The van der Waals surface area contributed by atoms with Gasteiger partial charge in [0.1, 0.15) is 12.6 Å². The van der Waals surface area contributed by atoms with Gasteiger partial charge in [0.15, 0.2) is 5.72 Å². The first kappa shape index (κ1) is 21.2. The smallest absolute Gasteiger partial charge is 0.404 e. The third kappa shape index (κ3) is 2.76. The van der Waals surface area contributed by atoms with Crippen LogP contribution in [0.5, 0.6) is 0 Å². The van der Waals surface area contributed by atoms with Crippen LogP contribution in [-0.2, 0) is 30.3 Å². The zero-order valence-electron chi connectivity index (χ0n) is 18.2. The van der Waals surface area contributed by atoms with E-state index in [2.05, 4.69) is 0 Å². The van der Waals surface area contributed by atoms with Crippen molar-refractivity contribution >= 4 is 23.6 Å². The summed E-state index contributed by atoms with van der Waals surface area (Å²) in [5.74, 6) is -1.78. The van der Waals surface area contributed by atoms with E-state index in [-0.39, 0.29) is 53.3 Å². The maximum absolute atomic E-state index is 13.2. The molecule has 2 fully saturated rings. The summed E-state index contributed by atoms with van der Waals surface area (Å²) in [4.78, 5) is 54.3. The van der Waals surface area contributed by atoms with Gasteiger partial charge in [0.2, 0.25) is 17.5 Å². The van der Waals surface area contributed by atoms with Crippen molar-refractivity contribution in [2.45, 2.75) is 31.2 Å². The molecule has 0 spiro atoms. The number of hydrogen-bond acceptors (Lipinski definition) is 8. The fourth-order valence-electron chi connectivity index (χ4n) is 5.68. The van der Waals surface area contributed by atoms with Crippen molar-refractivity contribution in [1.29, 1.82) is 0 Å². The number of primary amides is 1. The number of fused-ring (bicyclic) bond motifs is 4. The maximum Gasteiger partial charge on any atom is 0.404 e. The number of ether oxygens (including phenoxy) is 2. The monoisotopic (exact) mass is 452 g/mol. The Morgan fingerprint density at radius 3 is 2.52 bits per heavy atom. The number of Topliss-reactive ketones (excluding diaryl/α,β-unsaturated/α-hetero) is 2. The molecule has 0 aromatic heterocycles. The van der Waals surface area contributed by atoms with Gasteiger partial charge in [0, 0.05) is 24.8 Å². The molecule has 4 unspecified atom stereocenters. The molecular weight excluding hydrogens is 428 g/mol. The number of ketones is 2. The summed E-state index contributed by atoms with van der Waals surface area (Å²) in [6, 6.07) is 8.75. The number of carbonyl (C=O) groups excluding carboxylic acids is 4. The summed E-state index contributed by atoms with van der Waals surface area (Å²) in [6.07, 6.45) is -0.798. The molecule has 1 aromatic carbocycles. The number of allylic oxidation sites excluding steroid dienone is 2. The number of piperazine rings is 1. The Labute approximate surface area is 189 Å². The van der Waals surface area contributed by atoms with Crippen LogP contribution in [0.2, 0.25) is 0 Å². The van der Waals surface area contributed by atoms with E-state index >= 15 is 0 Å². The number of methoxy groups -OCH3 is 1. The summed E-state index contributed by atoms with van der Waals surface area (Å²) < 4.78 is 11.1. The van der Waals surface area contributed by atoms with Gasteiger partial charge >= 0.3 is 6.09 Å². The first-order valence-corrected chi connectivity index (χ1v) is 10.6. The van der Waals surface area contributed by atoms with Crippen LogP contribution in [0.25, 0.3) is 0 Å². The minimum Gasteiger partial charge on any atom is -0.449 e. The highest BCUT2D eigenvalue weighted by atomic mass is 16.6. The van der Waals surface area contributed by atoms with Gasteiger partial charge in [-0.3, -0.25) is 14.4 Å². The Bertz CT molecular complexity index is 1160. The minimum absolute atomic E-state index is 0.0850. The highest BCUT2D eigenvalue weighted by molar-refractivity contribution is 6.25. The normalized spacial score (nSPS) is 29.8. The first-order chi connectivity index (χ1) is 15.7. The summed E-state index contributed by atoms with van der Waals surface area (Å²) in [7, 11) is 1.46. The van der Waals surface area contributed by atoms with E-state index in [0.717, 1.165) is 5.56 Å². The number of amides is 2. The van der Waals surface area contributed by atoms with Gasteiger partial charge in [-0.25, -0.2) is 4.79 Å². The number of nitrogens with zero attached hydrogens (tertiary/aromatic N) is 2. The van der Waals surface area contributed by atoms with Gasteiger partial charge in [-0.05, 0) is 12.5 Å². The van der Waals surface area contributed by atoms with Gasteiger partial charge in [0.05, 0.1) is 29.8 Å². The molecule has 172 valence electrons. The second-order valence-electron chi connectivity index (χ2n) is 8.68. The molecule has 2 amide bonds. The lowest BCUT2D eigenvalue weighted by molar-refractivity contribution is -0.153. The second kappa shape index (κ2) is 7.17. The molecule has 0 bridgehead atoms. The average molecular weight is 452 g/mol. The fraction of sp³-hybridized carbons (Fsp3) is 0.391. The van der Waals surface area contributed by atoms with Crippen LogP contribution in [0.4, 0.5) is 4.79 Å². The highest BCUT2D eigenvalue weighted by Crippen LogP contribution is 2.59. The van der Waals surface area contributed by atoms with Crippen molar-refractivity contribution in [2.24, 2.45) is 17.4 Å². The summed E-state index contributed by atoms with van der Waals surface area (Å²) in [5, 5.41) is 0. The average Bonchev–Trinajstić information content (AvgIpc) is 3.31. The second-order valence-corrected chi connectivity index (χ2v) is 8.68. The Kier molecular flexibility index (Phi) is 4.61. The Morgan fingerprint density at radius 2 is 1.88 bits per heavy atom. The van der Waals surface area contributed by atoms with Crippen LogP contribution >= 0.6 is 0 Å². The molecule has 1 aromatic rings. The molecule has 2 saturated heterocycles. The number of nitrogens with two attached hydrogens (primary N) is 2. The number of carbonyl (C=O) groups is 4. The molecule has 5 rings (SSSR count). The van der Waals surface area contributed by atoms with Crippen LogP contribution in [-0.4, -0.2) is 71.4 Å². The summed E-state index contributed by atoms with van der Waals surface area (Å²) >= 11 is 0. The molecule has 10 heteroatoms. The minimum atomic E-state index is -1.24. The summed E-state index contributed by atoms with van der Waals surface area (Å²) in [6.45, 7) is 1.54. The van der Waals surface area contributed by atoms with E-state index in [9.17, 15) is 19.2 Å². The molecule has 1 aliphatic carbocycles. The van der Waals surface area contributed by atoms with Crippen molar-refractivity contribution in [3.8, 4) is 0 Å². The SMILES string of the molecule is COC12C(COC(N)=O)C3=C(C(=O)C(C)=C(N)C3=O)N1CC1C2N1C(=O)Cc1ccccc1. The lowest BCUT2D eigenvalue weighted by Crippen LogP contribution is -2.56. The first-order valence-electron chi connectivity index (χ1n) is 10.6. The highest BCUT2D eigenvalue weighted by Gasteiger charge is 2.77. The molecule has 10 nitrogen and oxygen atoms in total. The van der Waals surface area contributed by atoms with E-state index in [1.807, 2.05) is 30.3 Å². The van der Waals surface area contributed by atoms with E-state index in [0.29, 0.717) is 6.54 Å². The van der Waals surface area contributed by atoms with Crippen molar-refractivity contribution in [3.63, 3.8) is 0 Å². The van der Waals surface area contributed by atoms with Crippen LogP contribution in [0.15, 0.2) is 52.9 Å². The molecule has 0 radical (unpaired) electrons. The lowest BCUT2D eigenvalue weighted by Gasteiger charge is -2.41. The van der Waals surface area contributed by atoms with Crippen molar-refractivity contribution < 1.29 is 28.7 Å². The van der Waals surface area contributed by atoms with E-state index in [1.54, 1.807) is 9.80 Å². The molecular formula is C23H24N4O6. The molecule has 3 aliphatic heterocycles. The topological polar surface area (TPSA) is 145 Å². The Hall–Kier alpha value is -3.66. The van der Waals surface area contributed by atoms with Crippen LogP contribution < -0.4 is 11.5 Å². The predicted molar refractivity (Wildman–Crippen MR) is 114 cm³/mol. The molecule has 4 N–H and O–H groups in total. The Morgan fingerprint density at radius 1 is 1.18 bits per heavy atom. The fourth-order valence-corrected chi connectivity index (χ4v) is 5.68. The van der Waals surface area contributed by atoms with E-state index in [4.69, 9.17) is 20.9 Å². The number of hydrogen-bond donors (Lipinski definition) is 2. The molecule has 33 heavy (non-hydrogen) atoms. The number of rotatable bonds is 5. The largest absolute Gasteiger partial charge is 0.449 e. The standard InChI is InChI=1S/C23H24N4O6/c1-11-17(24)20(30)16-13(10-33-22(25)31)23(32-2)21-14(9-26(23)18(16)19(11)29)27(21)15(28)8-12-6-4-3-5-7-12/h3-7,13-14,21H,8-10,24H2,1-2H3,(H2,25,31). The molecule has 0 saturated carbocycles. The van der Waals surface area contributed by atoms with Crippen LogP contribution in [0.1, 0.15) is 12.5 Å². The number of benzene rings is 1. The predicted octanol–water partition coefficient (Wildman–Crippen LogP) is -0.169. The van der Waals surface area contributed by atoms with Crippen LogP contribution in [0, 0.1) is 5.92 Å². The third-order valence-electron chi connectivity index (χ3n) is 7.17. The van der Waals surface area contributed by atoms with Crippen molar-refractivity contribution in [3.05, 3.63) is 58.4 Å². The van der Waals surface area contributed by atoms with E-state index in [1.165, 1.54) is 14.0 Å².